The fourth-order valence-electron chi connectivity index (χ4n) is 3.13. The first-order chi connectivity index (χ1) is 12.1. The Morgan fingerprint density at radius 1 is 1.24 bits per heavy atom. The highest BCUT2D eigenvalue weighted by atomic mass is 32.1. The third-order valence-corrected chi connectivity index (χ3v) is 5.45. The van der Waals surface area contributed by atoms with Gasteiger partial charge in [0.05, 0.1) is 11.3 Å². The predicted octanol–water partition coefficient (Wildman–Crippen LogP) is 2.98. The number of aryl methyl sites for hydroxylation is 1. The highest BCUT2D eigenvalue weighted by molar-refractivity contribution is 7.10. The van der Waals surface area contributed by atoms with Gasteiger partial charge in [0.15, 0.2) is 0 Å². The van der Waals surface area contributed by atoms with Crippen LogP contribution in [0.2, 0.25) is 0 Å². The quantitative estimate of drug-likeness (QED) is 0.908. The maximum absolute atomic E-state index is 13.0. The Labute approximate surface area is 151 Å². The molecule has 1 aliphatic rings. The molecule has 134 valence electrons. The summed E-state index contributed by atoms with van der Waals surface area (Å²) in [7, 11) is 1.82. The van der Waals surface area contributed by atoms with Crippen LogP contribution >= 0.6 is 11.5 Å². The van der Waals surface area contributed by atoms with Crippen molar-refractivity contribution in [3.63, 3.8) is 0 Å². The van der Waals surface area contributed by atoms with Gasteiger partial charge in [-0.15, -0.1) is 0 Å². The number of anilines is 1. The molecule has 0 atom stereocenters. The molecule has 1 aromatic carbocycles. The summed E-state index contributed by atoms with van der Waals surface area (Å²) in [6.45, 7) is 5.84. The molecule has 2 aromatic rings. The van der Waals surface area contributed by atoms with Crippen molar-refractivity contribution in [2.24, 2.45) is 0 Å². The van der Waals surface area contributed by atoms with Crippen molar-refractivity contribution in [1.82, 2.24) is 14.2 Å². The van der Waals surface area contributed by atoms with E-state index in [1.54, 1.807) is 0 Å². The highest BCUT2D eigenvalue weighted by Crippen LogP contribution is 2.26. The van der Waals surface area contributed by atoms with Gasteiger partial charge in [-0.3, -0.25) is 9.69 Å². The number of halogens is 1. The summed E-state index contributed by atoms with van der Waals surface area (Å²) in [4.78, 5) is 17.1. The van der Waals surface area contributed by atoms with Crippen LogP contribution < -0.4 is 5.32 Å². The molecule has 7 heteroatoms. The first kappa shape index (κ1) is 17.8. The van der Waals surface area contributed by atoms with Crippen molar-refractivity contribution in [2.45, 2.75) is 19.9 Å². The molecule has 0 aliphatic carbocycles. The number of nitrogens with zero attached hydrogens (tertiary/aromatic N) is 3. The minimum atomic E-state index is -0.212. The molecule has 0 radical (unpaired) electrons. The molecule has 1 aliphatic heterocycles. The zero-order valence-corrected chi connectivity index (χ0v) is 15.4. The number of benzene rings is 1. The van der Waals surface area contributed by atoms with E-state index in [4.69, 9.17) is 0 Å². The molecule has 1 fully saturated rings. The molecule has 0 saturated carbocycles. The van der Waals surface area contributed by atoms with Crippen LogP contribution in [0.15, 0.2) is 24.3 Å². The molecule has 1 aromatic heterocycles. The summed E-state index contributed by atoms with van der Waals surface area (Å²) in [5.74, 6) is -0.157. The summed E-state index contributed by atoms with van der Waals surface area (Å²) in [5, 5.41) is 3.89. The SMILES string of the molecule is CNc1snc(C)c1C(=O)N1CCCN(Cc2ccc(F)cc2)CC1. The summed E-state index contributed by atoms with van der Waals surface area (Å²) in [5.41, 5.74) is 2.57. The standard InChI is InChI=1S/C18H23FN4OS/c1-13-16(17(20-2)25-21-13)18(24)23-9-3-8-22(10-11-23)12-14-4-6-15(19)7-5-14/h4-7,20H,3,8-12H2,1-2H3. The number of aromatic nitrogens is 1. The molecule has 2 heterocycles. The van der Waals surface area contributed by atoms with Crippen LogP contribution in [0, 0.1) is 12.7 Å². The molecule has 1 saturated heterocycles. The number of hydrogen-bond donors (Lipinski definition) is 1. The van der Waals surface area contributed by atoms with E-state index in [2.05, 4.69) is 14.6 Å². The number of rotatable bonds is 4. The Hall–Kier alpha value is -1.99. The van der Waals surface area contributed by atoms with Crippen molar-refractivity contribution in [3.05, 3.63) is 46.9 Å². The molecular formula is C18H23FN4OS. The summed E-state index contributed by atoms with van der Waals surface area (Å²) in [6.07, 6.45) is 0.929. The minimum absolute atomic E-state index is 0.0548. The molecule has 0 unspecified atom stereocenters. The lowest BCUT2D eigenvalue weighted by Crippen LogP contribution is -2.35. The van der Waals surface area contributed by atoms with Crippen LogP contribution in [0.1, 0.15) is 28.0 Å². The highest BCUT2D eigenvalue weighted by Gasteiger charge is 2.25. The van der Waals surface area contributed by atoms with Gasteiger partial charge in [-0.2, -0.15) is 4.37 Å². The predicted molar refractivity (Wildman–Crippen MR) is 98.6 cm³/mol. The molecule has 5 nitrogen and oxygen atoms in total. The smallest absolute Gasteiger partial charge is 0.258 e. The maximum Gasteiger partial charge on any atom is 0.258 e. The molecule has 1 amide bonds. The van der Waals surface area contributed by atoms with Gasteiger partial charge in [-0.1, -0.05) is 12.1 Å². The Kier molecular flexibility index (Phi) is 5.65. The van der Waals surface area contributed by atoms with Crippen LogP contribution in [0.4, 0.5) is 9.39 Å². The maximum atomic E-state index is 13.0. The van der Waals surface area contributed by atoms with Crippen LogP contribution in [0.25, 0.3) is 0 Å². The Morgan fingerprint density at radius 2 is 2.00 bits per heavy atom. The second-order valence-corrected chi connectivity index (χ2v) is 7.04. The summed E-state index contributed by atoms with van der Waals surface area (Å²) < 4.78 is 17.3. The normalized spacial score (nSPS) is 15.9. The van der Waals surface area contributed by atoms with E-state index in [9.17, 15) is 9.18 Å². The van der Waals surface area contributed by atoms with Gasteiger partial charge in [0.2, 0.25) is 0 Å². The lowest BCUT2D eigenvalue weighted by Gasteiger charge is -2.22. The first-order valence-electron chi connectivity index (χ1n) is 8.48. The lowest BCUT2D eigenvalue weighted by molar-refractivity contribution is 0.0761. The monoisotopic (exact) mass is 362 g/mol. The van der Waals surface area contributed by atoms with Crippen LogP contribution in [-0.4, -0.2) is 53.3 Å². The summed E-state index contributed by atoms with van der Waals surface area (Å²) >= 11 is 1.33. The summed E-state index contributed by atoms with van der Waals surface area (Å²) in [6, 6.07) is 6.63. The van der Waals surface area contributed by atoms with Gasteiger partial charge in [0.1, 0.15) is 10.8 Å². The van der Waals surface area contributed by atoms with E-state index in [1.807, 2.05) is 31.0 Å². The Balaban J connectivity index is 1.64. The Morgan fingerprint density at radius 3 is 2.72 bits per heavy atom. The number of nitrogens with one attached hydrogen (secondary N) is 1. The molecular weight excluding hydrogens is 339 g/mol. The van der Waals surface area contributed by atoms with Crippen molar-refractivity contribution >= 4 is 22.4 Å². The number of hydrogen-bond acceptors (Lipinski definition) is 5. The average molecular weight is 362 g/mol. The zero-order valence-electron chi connectivity index (χ0n) is 14.6. The van der Waals surface area contributed by atoms with Gasteiger partial charge in [0, 0.05) is 39.8 Å². The lowest BCUT2D eigenvalue weighted by atomic mass is 10.2. The third kappa shape index (κ3) is 4.16. The van der Waals surface area contributed by atoms with E-state index in [0.717, 1.165) is 48.9 Å². The largest absolute Gasteiger partial charge is 0.378 e. The van der Waals surface area contributed by atoms with E-state index in [1.165, 1.54) is 23.7 Å². The van der Waals surface area contributed by atoms with E-state index in [-0.39, 0.29) is 11.7 Å². The topological polar surface area (TPSA) is 48.5 Å². The van der Waals surface area contributed by atoms with Gasteiger partial charge in [-0.25, -0.2) is 4.39 Å². The molecule has 25 heavy (non-hydrogen) atoms. The third-order valence-electron chi connectivity index (χ3n) is 4.50. The Bertz CT molecular complexity index is 731. The second kappa shape index (κ2) is 7.93. The zero-order chi connectivity index (χ0) is 17.8. The van der Waals surface area contributed by atoms with Gasteiger partial charge in [0.25, 0.3) is 5.91 Å². The number of amides is 1. The molecule has 0 spiro atoms. The van der Waals surface area contributed by atoms with Crippen LogP contribution in [-0.2, 0) is 6.54 Å². The van der Waals surface area contributed by atoms with Crippen LogP contribution in [0.3, 0.4) is 0 Å². The average Bonchev–Trinajstić information content (AvgIpc) is 2.83. The van der Waals surface area contributed by atoms with Crippen LogP contribution in [0.5, 0.6) is 0 Å². The minimum Gasteiger partial charge on any atom is -0.378 e. The van der Waals surface area contributed by atoms with Gasteiger partial charge >= 0.3 is 0 Å². The fraction of sp³-hybridized carbons (Fsp3) is 0.444. The van der Waals surface area contributed by atoms with Crippen molar-refractivity contribution < 1.29 is 9.18 Å². The number of carbonyl (C=O) groups excluding carboxylic acids is 1. The van der Waals surface area contributed by atoms with E-state index in [0.29, 0.717) is 12.1 Å². The second-order valence-electron chi connectivity index (χ2n) is 6.27. The van der Waals surface area contributed by atoms with Crippen molar-refractivity contribution in [3.8, 4) is 0 Å². The fourth-order valence-corrected chi connectivity index (χ4v) is 3.87. The first-order valence-corrected chi connectivity index (χ1v) is 9.26. The molecule has 3 rings (SSSR count). The molecule has 0 bridgehead atoms. The van der Waals surface area contributed by atoms with E-state index >= 15 is 0 Å². The van der Waals surface area contributed by atoms with E-state index < -0.39 is 0 Å². The van der Waals surface area contributed by atoms with Crippen molar-refractivity contribution in [1.29, 1.82) is 0 Å². The van der Waals surface area contributed by atoms with Gasteiger partial charge < -0.3 is 10.2 Å². The van der Waals surface area contributed by atoms with Crippen molar-refractivity contribution in [2.75, 3.05) is 38.5 Å². The molecule has 1 N–H and O–H groups in total. The van der Waals surface area contributed by atoms with Gasteiger partial charge in [-0.05, 0) is 42.6 Å². The number of carbonyl (C=O) groups is 1.